The van der Waals surface area contributed by atoms with Crippen LogP contribution in [0.4, 0.5) is 5.69 Å². The summed E-state index contributed by atoms with van der Waals surface area (Å²) in [5, 5.41) is 13.4. The molecule has 152 valence electrons. The number of hydrogen-bond acceptors (Lipinski definition) is 7. The Hall–Kier alpha value is -1.81. The molecule has 0 radical (unpaired) electrons. The van der Waals surface area contributed by atoms with E-state index >= 15 is 0 Å². The van der Waals surface area contributed by atoms with Gasteiger partial charge in [0.2, 0.25) is 5.91 Å². The molecule has 1 amide bonds. The maximum atomic E-state index is 12.2. The van der Waals surface area contributed by atoms with Gasteiger partial charge in [-0.05, 0) is 38.1 Å². The van der Waals surface area contributed by atoms with Crippen LogP contribution < -0.4 is 5.32 Å². The van der Waals surface area contributed by atoms with E-state index in [2.05, 4.69) is 25.5 Å². The van der Waals surface area contributed by atoms with E-state index in [0.717, 1.165) is 17.2 Å². The molecule has 2 aromatic heterocycles. The first-order valence-electron chi connectivity index (χ1n) is 8.53. The second-order valence-electron chi connectivity index (χ2n) is 6.14. The summed E-state index contributed by atoms with van der Waals surface area (Å²) in [5.74, 6) is 1.32. The second kappa shape index (κ2) is 9.80. The lowest BCUT2D eigenvalue weighted by Crippen LogP contribution is -2.14. The maximum absolute atomic E-state index is 12.2. The normalized spacial score (nSPS) is 10.9. The number of hydrogen-bond donors (Lipinski definition) is 1. The van der Waals surface area contributed by atoms with Crippen molar-refractivity contribution in [1.29, 1.82) is 0 Å². The third-order valence-corrected chi connectivity index (χ3v) is 6.18. The van der Waals surface area contributed by atoms with Crippen LogP contribution >= 0.6 is 46.7 Å². The van der Waals surface area contributed by atoms with E-state index in [-0.39, 0.29) is 11.7 Å². The van der Waals surface area contributed by atoms with Crippen LogP contribution in [0.2, 0.25) is 10.0 Å². The molecule has 0 aliphatic rings. The van der Waals surface area contributed by atoms with Gasteiger partial charge in [-0.15, -0.1) is 10.2 Å². The highest BCUT2D eigenvalue weighted by Crippen LogP contribution is 2.26. The van der Waals surface area contributed by atoms with Crippen molar-refractivity contribution in [2.45, 2.75) is 29.9 Å². The summed E-state index contributed by atoms with van der Waals surface area (Å²) in [6.45, 7) is 3.88. The third-order valence-electron chi connectivity index (χ3n) is 3.75. The topological polar surface area (TPSA) is 85.6 Å². The van der Waals surface area contributed by atoms with Gasteiger partial charge in [-0.25, -0.2) is 9.97 Å². The van der Waals surface area contributed by atoms with E-state index in [0.29, 0.717) is 31.8 Å². The van der Waals surface area contributed by atoms with E-state index in [1.54, 1.807) is 18.2 Å². The maximum Gasteiger partial charge on any atom is 0.234 e. The number of halogens is 2. The van der Waals surface area contributed by atoms with Gasteiger partial charge in [0.15, 0.2) is 10.3 Å². The molecule has 0 atom stereocenters. The number of benzene rings is 1. The Morgan fingerprint density at radius 2 is 1.83 bits per heavy atom. The minimum atomic E-state index is -0.207. The molecule has 0 saturated carbocycles. The minimum absolute atomic E-state index is 0.169. The van der Waals surface area contributed by atoms with Gasteiger partial charge in [0.25, 0.3) is 0 Å². The van der Waals surface area contributed by atoms with E-state index in [1.165, 1.54) is 23.5 Å². The number of rotatable bonds is 7. The molecular weight excluding hydrogens is 451 g/mol. The average Bonchev–Trinajstić information content (AvgIpc) is 3.00. The molecule has 2 heterocycles. The fourth-order valence-electron chi connectivity index (χ4n) is 2.39. The highest BCUT2D eigenvalue weighted by Gasteiger charge is 2.13. The molecule has 3 rings (SSSR count). The van der Waals surface area contributed by atoms with Crippen molar-refractivity contribution in [3.8, 4) is 0 Å². The molecule has 0 saturated heterocycles. The van der Waals surface area contributed by atoms with Gasteiger partial charge in [0, 0.05) is 23.5 Å². The molecule has 0 aliphatic heterocycles. The molecular formula is C18H18Cl2N6OS2. The Labute approximate surface area is 187 Å². The van der Waals surface area contributed by atoms with E-state index in [1.807, 2.05) is 31.5 Å². The number of aromatic nitrogens is 5. The Bertz CT molecular complexity index is 1020. The SMILES string of the molecule is Cc1cc(C)nc(SCc2nnc(SCC(=O)Nc3cc(Cl)ccc3Cl)n2C)n1. The largest absolute Gasteiger partial charge is 0.324 e. The number of anilines is 1. The van der Waals surface area contributed by atoms with Crippen LogP contribution in [0.5, 0.6) is 0 Å². The predicted molar refractivity (Wildman–Crippen MR) is 118 cm³/mol. The number of carbonyl (C=O) groups excluding carboxylic acids is 1. The number of aryl methyl sites for hydroxylation is 2. The van der Waals surface area contributed by atoms with Gasteiger partial charge in [-0.3, -0.25) is 4.79 Å². The highest BCUT2D eigenvalue weighted by atomic mass is 35.5. The van der Waals surface area contributed by atoms with Crippen LogP contribution in [0, 0.1) is 13.8 Å². The number of nitrogens with zero attached hydrogens (tertiary/aromatic N) is 5. The minimum Gasteiger partial charge on any atom is -0.324 e. The Morgan fingerprint density at radius 3 is 2.55 bits per heavy atom. The van der Waals surface area contributed by atoms with E-state index in [4.69, 9.17) is 23.2 Å². The summed E-state index contributed by atoms with van der Waals surface area (Å²) in [4.78, 5) is 21.1. The van der Waals surface area contributed by atoms with Crippen LogP contribution in [-0.4, -0.2) is 36.4 Å². The molecule has 7 nitrogen and oxygen atoms in total. The van der Waals surface area contributed by atoms with Crippen LogP contribution in [0.3, 0.4) is 0 Å². The van der Waals surface area contributed by atoms with Crippen molar-refractivity contribution < 1.29 is 4.79 Å². The van der Waals surface area contributed by atoms with Crippen molar-refractivity contribution in [1.82, 2.24) is 24.7 Å². The zero-order chi connectivity index (χ0) is 21.0. The number of thioether (sulfide) groups is 2. The van der Waals surface area contributed by atoms with Gasteiger partial charge < -0.3 is 9.88 Å². The molecule has 3 aromatic rings. The quantitative estimate of drug-likeness (QED) is 0.401. The smallest absolute Gasteiger partial charge is 0.234 e. The summed E-state index contributed by atoms with van der Waals surface area (Å²) in [7, 11) is 1.87. The van der Waals surface area contributed by atoms with Crippen LogP contribution in [0.15, 0.2) is 34.6 Å². The van der Waals surface area contributed by atoms with Gasteiger partial charge in [-0.2, -0.15) is 0 Å². The molecule has 1 aromatic carbocycles. The van der Waals surface area contributed by atoms with E-state index in [9.17, 15) is 4.79 Å². The summed E-state index contributed by atoms with van der Waals surface area (Å²) in [6.07, 6.45) is 0. The van der Waals surface area contributed by atoms with Crippen molar-refractivity contribution in [2.24, 2.45) is 7.05 Å². The van der Waals surface area contributed by atoms with Gasteiger partial charge in [0.1, 0.15) is 5.82 Å². The first-order valence-corrected chi connectivity index (χ1v) is 11.3. The third kappa shape index (κ3) is 6.08. The number of amides is 1. The van der Waals surface area contributed by atoms with Crippen molar-refractivity contribution >= 4 is 58.3 Å². The predicted octanol–water partition coefficient (Wildman–Crippen LogP) is 4.55. The van der Waals surface area contributed by atoms with Crippen LogP contribution in [-0.2, 0) is 17.6 Å². The first-order chi connectivity index (χ1) is 13.8. The molecule has 0 spiro atoms. The van der Waals surface area contributed by atoms with Crippen molar-refractivity contribution in [3.63, 3.8) is 0 Å². The molecule has 0 fully saturated rings. The van der Waals surface area contributed by atoms with Crippen LogP contribution in [0.1, 0.15) is 17.2 Å². The van der Waals surface area contributed by atoms with E-state index < -0.39 is 0 Å². The Morgan fingerprint density at radius 1 is 1.10 bits per heavy atom. The number of nitrogens with one attached hydrogen (secondary N) is 1. The monoisotopic (exact) mass is 468 g/mol. The summed E-state index contributed by atoms with van der Waals surface area (Å²) in [6, 6.07) is 6.84. The number of carbonyl (C=O) groups is 1. The van der Waals surface area contributed by atoms with Gasteiger partial charge in [0.05, 0.1) is 22.2 Å². The molecule has 0 unspecified atom stereocenters. The summed E-state index contributed by atoms with van der Waals surface area (Å²) in [5.41, 5.74) is 2.34. The highest BCUT2D eigenvalue weighted by molar-refractivity contribution is 7.99. The lowest BCUT2D eigenvalue weighted by Gasteiger charge is -2.07. The molecule has 11 heteroatoms. The molecule has 29 heavy (non-hydrogen) atoms. The summed E-state index contributed by atoms with van der Waals surface area (Å²) >= 11 is 14.8. The summed E-state index contributed by atoms with van der Waals surface area (Å²) < 4.78 is 1.86. The van der Waals surface area contributed by atoms with Crippen LogP contribution in [0.25, 0.3) is 0 Å². The fraction of sp³-hybridized carbons (Fsp3) is 0.278. The van der Waals surface area contributed by atoms with Gasteiger partial charge >= 0.3 is 0 Å². The molecule has 0 aliphatic carbocycles. The molecule has 0 bridgehead atoms. The van der Waals surface area contributed by atoms with Gasteiger partial charge in [-0.1, -0.05) is 46.7 Å². The van der Waals surface area contributed by atoms with Crippen molar-refractivity contribution in [3.05, 3.63) is 51.5 Å². The lowest BCUT2D eigenvalue weighted by molar-refractivity contribution is -0.113. The first kappa shape index (κ1) is 21.9. The standard InChI is InChI=1S/C18H18Cl2N6OS2/c1-10-6-11(2)22-17(21-10)28-8-15-24-25-18(26(15)3)29-9-16(27)23-14-7-12(19)4-5-13(14)20/h4-7H,8-9H2,1-3H3,(H,23,27). The Balaban J connectivity index is 1.56. The fourth-order valence-corrected chi connectivity index (χ4v) is 4.39. The Kier molecular flexibility index (Phi) is 7.39. The van der Waals surface area contributed by atoms with Crippen molar-refractivity contribution in [2.75, 3.05) is 11.1 Å². The lowest BCUT2D eigenvalue weighted by atomic mass is 10.3. The average molecular weight is 469 g/mol. The molecule has 1 N–H and O–H groups in total. The zero-order valence-electron chi connectivity index (χ0n) is 15.9. The second-order valence-corrected chi connectivity index (χ2v) is 8.87. The zero-order valence-corrected chi connectivity index (χ0v) is 19.1.